The Morgan fingerprint density at radius 2 is 1.88 bits per heavy atom. The van der Waals surface area contributed by atoms with Crippen molar-refractivity contribution in [1.82, 2.24) is 4.90 Å². The number of ether oxygens (including phenoxy) is 3. The zero-order valence-electron chi connectivity index (χ0n) is 19.1. The SMILES string of the molecule is COc1ccc2c(c1NCCc1ccccc1)[C@H](C)N1CCc3cc4c(cc3C1=C2)OCO4. The number of anilines is 1. The molecule has 0 amide bonds. The van der Waals surface area contributed by atoms with E-state index in [4.69, 9.17) is 14.2 Å². The topological polar surface area (TPSA) is 43.0 Å². The predicted octanol–water partition coefficient (Wildman–Crippen LogP) is 5.51. The summed E-state index contributed by atoms with van der Waals surface area (Å²) in [5.41, 5.74) is 8.80. The summed E-state index contributed by atoms with van der Waals surface area (Å²) < 4.78 is 17.1. The number of hydrogen-bond acceptors (Lipinski definition) is 5. The lowest BCUT2D eigenvalue weighted by molar-refractivity contribution is 0.174. The number of benzene rings is 3. The average molecular weight is 441 g/mol. The second kappa shape index (κ2) is 8.07. The third kappa shape index (κ3) is 3.39. The minimum atomic E-state index is 0.230. The molecular weight excluding hydrogens is 412 g/mol. The molecule has 0 aromatic heterocycles. The maximum atomic E-state index is 5.77. The van der Waals surface area contributed by atoms with Crippen molar-refractivity contribution in [1.29, 1.82) is 0 Å². The molecule has 5 heteroatoms. The predicted molar refractivity (Wildman–Crippen MR) is 131 cm³/mol. The molecule has 1 N–H and O–H groups in total. The van der Waals surface area contributed by atoms with Gasteiger partial charge in [-0.1, -0.05) is 36.4 Å². The molecule has 3 aliphatic heterocycles. The van der Waals surface area contributed by atoms with Crippen LogP contribution in [-0.4, -0.2) is 31.9 Å². The quantitative estimate of drug-likeness (QED) is 0.567. The van der Waals surface area contributed by atoms with Crippen molar-refractivity contribution in [3.8, 4) is 17.2 Å². The molecule has 3 aromatic carbocycles. The normalized spacial score (nSPS) is 17.6. The Kier molecular flexibility index (Phi) is 4.90. The van der Waals surface area contributed by atoms with Crippen LogP contribution in [0.15, 0.2) is 54.6 Å². The molecular formula is C28H28N2O3. The standard InChI is InChI=1S/C28H28N2O3/c1-18-27-21(8-9-24(31-2)28(27)29-12-10-19-6-4-3-5-7-19)14-23-22-16-26-25(32-17-33-26)15-20(22)11-13-30(18)23/h3-9,14-16,18,29H,10-13,17H2,1-2H3/t18-/m0/s1. The first-order valence-electron chi connectivity index (χ1n) is 11.6. The Hall–Kier alpha value is -3.60. The molecule has 3 aliphatic rings. The lowest BCUT2D eigenvalue weighted by Gasteiger charge is -2.42. The van der Waals surface area contributed by atoms with Crippen molar-refractivity contribution in [2.45, 2.75) is 25.8 Å². The minimum absolute atomic E-state index is 0.230. The van der Waals surface area contributed by atoms with Gasteiger partial charge in [-0.25, -0.2) is 0 Å². The summed E-state index contributed by atoms with van der Waals surface area (Å²) in [5, 5.41) is 3.70. The van der Waals surface area contributed by atoms with Crippen LogP contribution >= 0.6 is 0 Å². The maximum absolute atomic E-state index is 5.77. The fraction of sp³-hybridized carbons (Fsp3) is 0.286. The molecule has 0 fully saturated rings. The lowest BCUT2D eigenvalue weighted by Crippen LogP contribution is -2.34. The molecule has 0 saturated heterocycles. The highest BCUT2D eigenvalue weighted by Crippen LogP contribution is 2.48. The van der Waals surface area contributed by atoms with E-state index in [1.54, 1.807) is 7.11 Å². The fourth-order valence-electron chi connectivity index (χ4n) is 5.33. The highest BCUT2D eigenvalue weighted by atomic mass is 16.7. The van der Waals surface area contributed by atoms with Gasteiger partial charge in [-0.05, 0) is 60.7 Å². The van der Waals surface area contributed by atoms with E-state index in [2.05, 4.69) is 77.8 Å². The number of fused-ring (bicyclic) bond motifs is 5. The molecule has 1 atom stereocenters. The molecule has 0 spiro atoms. The van der Waals surface area contributed by atoms with Gasteiger partial charge in [0.05, 0.1) is 18.8 Å². The highest BCUT2D eigenvalue weighted by molar-refractivity contribution is 5.89. The summed E-state index contributed by atoms with van der Waals surface area (Å²) in [4.78, 5) is 2.51. The van der Waals surface area contributed by atoms with Crippen LogP contribution in [0.25, 0.3) is 11.8 Å². The van der Waals surface area contributed by atoms with Crippen LogP contribution in [0.4, 0.5) is 5.69 Å². The summed E-state index contributed by atoms with van der Waals surface area (Å²) in [6.45, 7) is 4.43. The van der Waals surface area contributed by atoms with Gasteiger partial charge in [0.2, 0.25) is 6.79 Å². The minimum Gasteiger partial charge on any atom is -0.495 e. The Morgan fingerprint density at radius 3 is 2.70 bits per heavy atom. The van der Waals surface area contributed by atoms with Gasteiger partial charge in [-0.15, -0.1) is 0 Å². The summed E-state index contributed by atoms with van der Waals surface area (Å²) in [6.07, 6.45) is 4.27. The van der Waals surface area contributed by atoms with E-state index in [0.29, 0.717) is 6.79 Å². The number of nitrogens with zero attached hydrogens (tertiary/aromatic N) is 1. The average Bonchev–Trinajstić information content (AvgIpc) is 3.31. The first kappa shape index (κ1) is 20.0. The van der Waals surface area contributed by atoms with Crippen LogP contribution in [0.2, 0.25) is 0 Å². The zero-order chi connectivity index (χ0) is 22.4. The maximum Gasteiger partial charge on any atom is 0.231 e. The van der Waals surface area contributed by atoms with Gasteiger partial charge in [0.1, 0.15) is 5.75 Å². The van der Waals surface area contributed by atoms with Gasteiger partial charge in [-0.3, -0.25) is 0 Å². The molecule has 6 rings (SSSR count). The van der Waals surface area contributed by atoms with Crippen LogP contribution in [-0.2, 0) is 12.8 Å². The van der Waals surface area contributed by atoms with E-state index < -0.39 is 0 Å². The third-order valence-electron chi connectivity index (χ3n) is 7.00. The molecule has 0 saturated carbocycles. The van der Waals surface area contributed by atoms with Gasteiger partial charge in [0.25, 0.3) is 0 Å². The summed E-state index contributed by atoms with van der Waals surface area (Å²) >= 11 is 0. The monoisotopic (exact) mass is 440 g/mol. The molecule has 3 heterocycles. The third-order valence-corrected chi connectivity index (χ3v) is 7.00. The number of nitrogens with one attached hydrogen (secondary N) is 1. The highest BCUT2D eigenvalue weighted by Gasteiger charge is 2.34. The fourth-order valence-corrected chi connectivity index (χ4v) is 5.33. The number of hydrogen-bond donors (Lipinski definition) is 1. The first-order valence-corrected chi connectivity index (χ1v) is 11.6. The largest absolute Gasteiger partial charge is 0.495 e. The molecule has 0 aliphatic carbocycles. The summed E-state index contributed by atoms with van der Waals surface area (Å²) in [6, 6.07) is 19.4. The van der Waals surface area contributed by atoms with Gasteiger partial charge in [0, 0.05) is 29.9 Å². The van der Waals surface area contributed by atoms with Crippen LogP contribution in [0.5, 0.6) is 17.2 Å². The Labute approximate surface area is 194 Å². The second-order valence-corrected chi connectivity index (χ2v) is 8.82. The Bertz CT molecular complexity index is 1240. The zero-order valence-corrected chi connectivity index (χ0v) is 19.1. The van der Waals surface area contributed by atoms with Crippen LogP contribution in [0.1, 0.15) is 40.8 Å². The van der Waals surface area contributed by atoms with E-state index in [0.717, 1.165) is 48.9 Å². The van der Waals surface area contributed by atoms with Crippen LogP contribution in [0.3, 0.4) is 0 Å². The van der Waals surface area contributed by atoms with Crippen molar-refractivity contribution in [2.24, 2.45) is 0 Å². The summed E-state index contributed by atoms with van der Waals surface area (Å²) in [7, 11) is 1.75. The smallest absolute Gasteiger partial charge is 0.231 e. The van der Waals surface area contributed by atoms with Gasteiger partial charge >= 0.3 is 0 Å². The second-order valence-electron chi connectivity index (χ2n) is 8.82. The van der Waals surface area contributed by atoms with Gasteiger partial charge in [0.15, 0.2) is 11.5 Å². The molecule has 0 radical (unpaired) electrons. The summed E-state index contributed by atoms with van der Waals surface area (Å²) in [5.74, 6) is 2.60. The number of rotatable bonds is 5. The first-order chi connectivity index (χ1) is 16.2. The van der Waals surface area contributed by atoms with E-state index in [9.17, 15) is 0 Å². The van der Waals surface area contributed by atoms with Crippen molar-refractivity contribution in [2.75, 3.05) is 32.3 Å². The lowest BCUT2D eigenvalue weighted by atomic mass is 9.86. The molecule has 3 aromatic rings. The van der Waals surface area contributed by atoms with Crippen molar-refractivity contribution >= 4 is 17.5 Å². The van der Waals surface area contributed by atoms with Crippen molar-refractivity contribution in [3.05, 3.63) is 82.4 Å². The molecule has 0 bridgehead atoms. The van der Waals surface area contributed by atoms with Crippen LogP contribution in [0, 0.1) is 0 Å². The number of methoxy groups -OCH3 is 1. The molecule has 168 valence electrons. The van der Waals surface area contributed by atoms with Crippen LogP contribution < -0.4 is 19.5 Å². The van der Waals surface area contributed by atoms with E-state index in [1.165, 1.54) is 33.5 Å². The molecule has 33 heavy (non-hydrogen) atoms. The van der Waals surface area contributed by atoms with E-state index in [1.807, 2.05) is 0 Å². The van der Waals surface area contributed by atoms with Gasteiger partial charge < -0.3 is 24.4 Å². The molecule has 5 nitrogen and oxygen atoms in total. The Morgan fingerprint density at radius 1 is 1.06 bits per heavy atom. The van der Waals surface area contributed by atoms with Gasteiger partial charge in [-0.2, -0.15) is 0 Å². The van der Waals surface area contributed by atoms with Crippen molar-refractivity contribution in [3.63, 3.8) is 0 Å². The molecule has 0 unspecified atom stereocenters. The van der Waals surface area contributed by atoms with Crippen molar-refractivity contribution < 1.29 is 14.2 Å². The van der Waals surface area contributed by atoms with E-state index >= 15 is 0 Å². The Balaban J connectivity index is 1.37. The van der Waals surface area contributed by atoms with E-state index in [-0.39, 0.29) is 6.04 Å².